The maximum Gasteiger partial charge on any atom is 0.269 e. The molecule has 0 aliphatic carbocycles. The number of aryl methyl sites for hydroxylation is 2. The molecule has 3 aromatic rings. The van der Waals surface area contributed by atoms with E-state index in [1.807, 2.05) is 13.0 Å². The lowest BCUT2D eigenvalue weighted by atomic mass is 10.1. The Balaban J connectivity index is 1.64. The number of rotatable bonds is 6. The quantitative estimate of drug-likeness (QED) is 0.641. The second-order valence-corrected chi connectivity index (χ2v) is 6.23. The van der Waals surface area contributed by atoms with Crippen molar-refractivity contribution in [2.24, 2.45) is 0 Å². The number of halogens is 1. The van der Waals surface area contributed by atoms with Crippen LogP contribution in [-0.4, -0.2) is 27.2 Å². The molecule has 0 bridgehead atoms. The number of nitrogens with one attached hydrogen (secondary N) is 1. The molecule has 1 amide bonds. The number of carbonyl (C=O) groups is 1. The second-order valence-electron chi connectivity index (χ2n) is 6.23. The van der Waals surface area contributed by atoms with Gasteiger partial charge >= 0.3 is 0 Å². The molecule has 0 fully saturated rings. The van der Waals surface area contributed by atoms with Crippen LogP contribution in [0.3, 0.4) is 0 Å². The predicted molar refractivity (Wildman–Crippen MR) is 102 cm³/mol. The van der Waals surface area contributed by atoms with E-state index in [-0.39, 0.29) is 23.1 Å². The van der Waals surface area contributed by atoms with Crippen LogP contribution in [0, 0.1) is 24.1 Å². The van der Waals surface area contributed by atoms with E-state index in [4.69, 9.17) is 5.73 Å². The highest BCUT2D eigenvalue weighted by molar-refractivity contribution is 5.92. The maximum atomic E-state index is 13.1. The molecule has 0 unspecified atom stereocenters. The molecule has 0 radical (unpaired) electrons. The van der Waals surface area contributed by atoms with Gasteiger partial charge < -0.3 is 11.1 Å². The van der Waals surface area contributed by atoms with Gasteiger partial charge in [0.2, 0.25) is 0 Å². The number of nitrogens with zero attached hydrogens (tertiary/aromatic N) is 4. The number of amides is 1. The van der Waals surface area contributed by atoms with Crippen LogP contribution in [0.25, 0.3) is 5.69 Å². The van der Waals surface area contributed by atoms with Crippen LogP contribution in [0.4, 0.5) is 10.2 Å². The molecule has 0 aliphatic rings. The van der Waals surface area contributed by atoms with Gasteiger partial charge in [-0.05, 0) is 56.2 Å². The van der Waals surface area contributed by atoms with Gasteiger partial charge in [-0.3, -0.25) is 4.79 Å². The summed E-state index contributed by atoms with van der Waals surface area (Å²) in [4.78, 5) is 16.3. The summed E-state index contributed by atoms with van der Waals surface area (Å²) in [6.45, 7) is 2.23. The van der Waals surface area contributed by atoms with Crippen LogP contribution in [0.2, 0.25) is 0 Å². The first-order chi connectivity index (χ1) is 13.5. The first-order valence-corrected chi connectivity index (χ1v) is 8.75. The number of anilines is 1. The van der Waals surface area contributed by atoms with Gasteiger partial charge in [0.15, 0.2) is 0 Å². The molecule has 7 nitrogen and oxygen atoms in total. The minimum absolute atomic E-state index is 0.206. The average Bonchev–Trinajstić information content (AvgIpc) is 3.01. The van der Waals surface area contributed by atoms with Gasteiger partial charge in [-0.25, -0.2) is 14.1 Å². The van der Waals surface area contributed by atoms with Gasteiger partial charge in [0.25, 0.3) is 5.91 Å². The van der Waals surface area contributed by atoms with Crippen molar-refractivity contribution in [1.82, 2.24) is 20.1 Å². The molecule has 0 saturated carbocycles. The summed E-state index contributed by atoms with van der Waals surface area (Å²) < 4.78 is 14.5. The molecule has 0 spiro atoms. The largest absolute Gasteiger partial charge is 0.382 e. The summed E-state index contributed by atoms with van der Waals surface area (Å²) in [6.07, 6.45) is 1.04. The minimum Gasteiger partial charge on any atom is -0.382 e. The number of hydrogen-bond donors (Lipinski definition) is 2. The maximum absolute atomic E-state index is 13.1. The molecule has 3 rings (SSSR count). The minimum atomic E-state index is -0.367. The Morgan fingerprint density at radius 1 is 1.29 bits per heavy atom. The second kappa shape index (κ2) is 8.31. The van der Waals surface area contributed by atoms with Gasteiger partial charge in [-0.15, -0.1) is 0 Å². The first-order valence-electron chi connectivity index (χ1n) is 8.75. The lowest BCUT2D eigenvalue weighted by molar-refractivity contribution is 0.0948. The van der Waals surface area contributed by atoms with Gasteiger partial charge in [-0.1, -0.05) is 6.07 Å². The van der Waals surface area contributed by atoms with E-state index in [0.717, 1.165) is 5.69 Å². The van der Waals surface area contributed by atoms with E-state index in [1.54, 1.807) is 24.3 Å². The number of hydrogen-bond acceptors (Lipinski definition) is 5. The standard InChI is InChI=1S/C20H19FN6O/c1-13-4-2-5-18(25-13)20(28)24-11-3-6-17-16(12-22)19(23)27(26-17)15-9-7-14(21)8-10-15/h2,4-5,7-10H,3,6,11,23H2,1H3,(H,24,28). The third kappa shape index (κ3) is 4.15. The summed E-state index contributed by atoms with van der Waals surface area (Å²) >= 11 is 0. The van der Waals surface area contributed by atoms with Crippen LogP contribution in [-0.2, 0) is 6.42 Å². The summed E-state index contributed by atoms with van der Waals surface area (Å²) in [7, 11) is 0. The molecule has 142 valence electrons. The van der Waals surface area contributed by atoms with Crippen molar-refractivity contribution in [3.05, 3.63) is 70.9 Å². The van der Waals surface area contributed by atoms with Crippen LogP contribution in [0.5, 0.6) is 0 Å². The van der Waals surface area contributed by atoms with Crippen molar-refractivity contribution in [3.8, 4) is 11.8 Å². The smallest absolute Gasteiger partial charge is 0.269 e. The molecule has 1 aromatic carbocycles. The molecule has 2 heterocycles. The fourth-order valence-electron chi connectivity index (χ4n) is 2.77. The number of nitriles is 1. The third-order valence-corrected chi connectivity index (χ3v) is 4.17. The van der Waals surface area contributed by atoms with E-state index < -0.39 is 0 Å². The Kier molecular flexibility index (Phi) is 5.65. The molecular weight excluding hydrogens is 359 g/mol. The van der Waals surface area contributed by atoms with Crippen LogP contribution >= 0.6 is 0 Å². The van der Waals surface area contributed by atoms with Crippen molar-refractivity contribution in [3.63, 3.8) is 0 Å². The monoisotopic (exact) mass is 378 g/mol. The van der Waals surface area contributed by atoms with Crippen molar-refractivity contribution in [2.45, 2.75) is 19.8 Å². The lowest BCUT2D eigenvalue weighted by Gasteiger charge is -2.05. The highest BCUT2D eigenvalue weighted by Crippen LogP contribution is 2.21. The highest BCUT2D eigenvalue weighted by atomic mass is 19.1. The molecular formula is C20H19FN6O. The van der Waals surface area contributed by atoms with Crippen molar-refractivity contribution >= 4 is 11.7 Å². The summed E-state index contributed by atoms with van der Waals surface area (Å²) in [5.41, 5.74) is 8.56. The molecule has 3 N–H and O–H groups in total. The topological polar surface area (TPSA) is 110 Å². The molecule has 0 atom stereocenters. The van der Waals surface area contributed by atoms with E-state index in [0.29, 0.717) is 36.5 Å². The Morgan fingerprint density at radius 3 is 2.71 bits per heavy atom. The van der Waals surface area contributed by atoms with Gasteiger partial charge in [0, 0.05) is 12.2 Å². The van der Waals surface area contributed by atoms with E-state index >= 15 is 0 Å². The van der Waals surface area contributed by atoms with Crippen molar-refractivity contribution in [2.75, 3.05) is 12.3 Å². The Hall–Kier alpha value is -3.73. The number of nitrogens with two attached hydrogens (primary N) is 1. The van der Waals surface area contributed by atoms with E-state index in [2.05, 4.69) is 21.5 Å². The zero-order chi connectivity index (χ0) is 20.1. The molecule has 28 heavy (non-hydrogen) atoms. The number of carbonyl (C=O) groups excluding carboxylic acids is 1. The zero-order valence-corrected chi connectivity index (χ0v) is 15.3. The number of benzene rings is 1. The summed E-state index contributed by atoms with van der Waals surface area (Å²) in [5.74, 6) is -0.410. The Morgan fingerprint density at radius 2 is 2.04 bits per heavy atom. The van der Waals surface area contributed by atoms with Gasteiger partial charge in [-0.2, -0.15) is 10.4 Å². The SMILES string of the molecule is Cc1cccc(C(=O)NCCCc2nn(-c3ccc(F)cc3)c(N)c2C#N)n1. The normalized spacial score (nSPS) is 10.5. The fourth-order valence-corrected chi connectivity index (χ4v) is 2.77. The molecule has 0 saturated heterocycles. The highest BCUT2D eigenvalue weighted by Gasteiger charge is 2.16. The first kappa shape index (κ1) is 19.0. The number of nitrogen functional groups attached to an aromatic ring is 1. The van der Waals surface area contributed by atoms with Crippen LogP contribution in [0.15, 0.2) is 42.5 Å². The predicted octanol–water partition coefficient (Wildman–Crippen LogP) is 2.53. The Labute approximate surface area is 161 Å². The average molecular weight is 378 g/mol. The van der Waals surface area contributed by atoms with Gasteiger partial charge in [0.05, 0.1) is 11.4 Å². The molecule has 8 heteroatoms. The fraction of sp³-hybridized carbons (Fsp3) is 0.200. The van der Waals surface area contributed by atoms with Gasteiger partial charge in [0.1, 0.15) is 29.0 Å². The number of pyridine rings is 1. The van der Waals surface area contributed by atoms with E-state index in [9.17, 15) is 14.4 Å². The zero-order valence-electron chi connectivity index (χ0n) is 15.3. The van der Waals surface area contributed by atoms with E-state index in [1.165, 1.54) is 16.8 Å². The lowest BCUT2D eigenvalue weighted by Crippen LogP contribution is -2.25. The van der Waals surface area contributed by atoms with Crippen molar-refractivity contribution in [1.29, 1.82) is 5.26 Å². The number of aromatic nitrogens is 3. The Bertz CT molecular complexity index is 1040. The third-order valence-electron chi connectivity index (χ3n) is 4.17. The van der Waals surface area contributed by atoms with Crippen LogP contribution in [0.1, 0.15) is 33.9 Å². The molecule has 0 aliphatic heterocycles. The summed E-state index contributed by atoms with van der Waals surface area (Å²) in [5, 5.41) is 16.6. The molecule has 2 aromatic heterocycles. The summed E-state index contributed by atoms with van der Waals surface area (Å²) in [6, 6.07) is 13.0. The van der Waals surface area contributed by atoms with Crippen molar-refractivity contribution < 1.29 is 9.18 Å². The van der Waals surface area contributed by atoms with Crippen LogP contribution < -0.4 is 11.1 Å².